The molecule has 2 aromatic rings. The smallest absolute Gasteiger partial charge is 0.122 e. The molecular weight excluding hydrogens is 236 g/mol. The van der Waals surface area contributed by atoms with Crippen molar-refractivity contribution >= 4 is 0 Å². The molecule has 0 N–H and O–H groups in total. The Morgan fingerprint density at radius 3 is 2.47 bits per heavy atom. The Balaban J connectivity index is 1.62. The number of para-hydroxylation sites is 1. The molecule has 2 aromatic carbocycles. The average Bonchev–Trinajstić information content (AvgIpc) is 3.29. The van der Waals surface area contributed by atoms with Crippen molar-refractivity contribution in [3.8, 4) is 5.75 Å². The Bertz CT molecular complexity index is 518. The highest BCUT2D eigenvalue weighted by Gasteiger charge is 2.23. The van der Waals surface area contributed by atoms with E-state index in [2.05, 4.69) is 42.5 Å². The van der Waals surface area contributed by atoms with E-state index in [1.165, 1.54) is 11.1 Å². The van der Waals surface area contributed by atoms with Crippen LogP contribution < -0.4 is 4.74 Å². The quantitative estimate of drug-likeness (QED) is 0.738. The third-order valence-corrected chi connectivity index (χ3v) is 3.33. The largest absolute Gasteiger partial charge is 0.491 e. The predicted octanol–water partition coefficient (Wildman–Crippen LogP) is 3.25. The zero-order valence-electron chi connectivity index (χ0n) is 10.9. The normalized spacial score (nSPS) is 17.2. The molecule has 1 saturated heterocycles. The minimum absolute atomic E-state index is 0.308. The van der Waals surface area contributed by atoms with Crippen LogP contribution >= 0.6 is 0 Å². The summed E-state index contributed by atoms with van der Waals surface area (Å²) in [6, 6.07) is 18.8. The molecule has 0 unspecified atom stereocenters. The number of aryl methyl sites for hydroxylation is 2. The summed E-state index contributed by atoms with van der Waals surface area (Å²) >= 11 is 0. The van der Waals surface area contributed by atoms with Gasteiger partial charge in [0, 0.05) is 0 Å². The second-order valence-corrected chi connectivity index (χ2v) is 4.86. The number of hydrogen-bond acceptors (Lipinski definition) is 2. The van der Waals surface area contributed by atoms with Crippen LogP contribution in [0.2, 0.25) is 0 Å². The van der Waals surface area contributed by atoms with Gasteiger partial charge in [-0.25, -0.2) is 0 Å². The molecule has 0 aliphatic carbocycles. The van der Waals surface area contributed by atoms with Gasteiger partial charge in [0.05, 0.1) is 6.61 Å². The van der Waals surface area contributed by atoms with Crippen LogP contribution in [0.1, 0.15) is 11.1 Å². The molecule has 2 heteroatoms. The van der Waals surface area contributed by atoms with Crippen molar-refractivity contribution < 1.29 is 9.47 Å². The van der Waals surface area contributed by atoms with Gasteiger partial charge in [-0.15, -0.1) is 0 Å². The van der Waals surface area contributed by atoms with Gasteiger partial charge in [-0.05, 0) is 30.0 Å². The number of benzene rings is 2. The maximum Gasteiger partial charge on any atom is 0.122 e. The molecule has 98 valence electrons. The van der Waals surface area contributed by atoms with E-state index in [1.807, 2.05) is 12.1 Å². The van der Waals surface area contributed by atoms with Crippen molar-refractivity contribution in [2.24, 2.45) is 0 Å². The maximum atomic E-state index is 5.82. The molecule has 3 rings (SSSR count). The first-order valence-corrected chi connectivity index (χ1v) is 6.78. The average molecular weight is 254 g/mol. The number of ether oxygens (including phenoxy) is 2. The van der Waals surface area contributed by atoms with Gasteiger partial charge in [-0.1, -0.05) is 48.5 Å². The molecule has 1 aliphatic heterocycles. The molecule has 0 aromatic heterocycles. The first-order valence-electron chi connectivity index (χ1n) is 6.78. The summed E-state index contributed by atoms with van der Waals surface area (Å²) < 4.78 is 11.0. The summed E-state index contributed by atoms with van der Waals surface area (Å²) in [4.78, 5) is 0. The Kier molecular flexibility index (Phi) is 3.80. The molecule has 1 aliphatic rings. The van der Waals surface area contributed by atoms with Crippen LogP contribution in [0.4, 0.5) is 0 Å². The van der Waals surface area contributed by atoms with Gasteiger partial charge in [-0.3, -0.25) is 0 Å². The van der Waals surface area contributed by atoms with Gasteiger partial charge in [-0.2, -0.15) is 0 Å². The van der Waals surface area contributed by atoms with Crippen molar-refractivity contribution in [1.82, 2.24) is 0 Å². The first kappa shape index (κ1) is 12.2. The third-order valence-electron chi connectivity index (χ3n) is 3.33. The number of epoxide rings is 1. The van der Waals surface area contributed by atoms with Crippen molar-refractivity contribution in [2.45, 2.75) is 18.9 Å². The predicted molar refractivity (Wildman–Crippen MR) is 75.5 cm³/mol. The van der Waals surface area contributed by atoms with E-state index in [1.54, 1.807) is 0 Å². The number of hydrogen-bond donors (Lipinski definition) is 0. The Morgan fingerprint density at radius 1 is 0.947 bits per heavy atom. The molecule has 19 heavy (non-hydrogen) atoms. The molecule has 0 saturated carbocycles. The van der Waals surface area contributed by atoms with Crippen molar-refractivity contribution in [3.05, 3.63) is 65.7 Å². The van der Waals surface area contributed by atoms with Crippen LogP contribution in [0.3, 0.4) is 0 Å². The van der Waals surface area contributed by atoms with E-state index in [4.69, 9.17) is 9.47 Å². The molecule has 0 amide bonds. The summed E-state index contributed by atoms with van der Waals surface area (Å²) in [5.41, 5.74) is 2.63. The lowest BCUT2D eigenvalue weighted by atomic mass is 10.0. The fraction of sp³-hybridized carbons (Fsp3) is 0.294. The molecule has 0 bridgehead atoms. The summed E-state index contributed by atoms with van der Waals surface area (Å²) in [5.74, 6) is 0.994. The van der Waals surface area contributed by atoms with Gasteiger partial charge in [0.2, 0.25) is 0 Å². The lowest BCUT2D eigenvalue weighted by Gasteiger charge is -2.10. The fourth-order valence-corrected chi connectivity index (χ4v) is 2.12. The second kappa shape index (κ2) is 5.89. The minimum Gasteiger partial charge on any atom is -0.491 e. The molecule has 0 spiro atoms. The third kappa shape index (κ3) is 3.58. The van der Waals surface area contributed by atoms with Gasteiger partial charge in [0.25, 0.3) is 0 Å². The highest BCUT2D eigenvalue weighted by molar-refractivity contribution is 5.34. The van der Waals surface area contributed by atoms with Crippen molar-refractivity contribution in [1.29, 1.82) is 0 Å². The van der Waals surface area contributed by atoms with Gasteiger partial charge in [0.1, 0.15) is 18.5 Å². The van der Waals surface area contributed by atoms with Crippen LogP contribution in [-0.2, 0) is 17.6 Å². The van der Waals surface area contributed by atoms with E-state index < -0.39 is 0 Å². The SMILES string of the molecule is c1ccc(CCc2ccccc2OC[C@H]2CO2)cc1. The van der Waals surface area contributed by atoms with Crippen LogP contribution in [0.25, 0.3) is 0 Å². The standard InChI is InChI=1S/C17H18O2/c1-2-6-14(7-3-1)10-11-15-8-4-5-9-17(15)19-13-16-12-18-16/h1-9,16H,10-13H2/t16-/m1/s1. The Hall–Kier alpha value is -1.80. The highest BCUT2D eigenvalue weighted by Crippen LogP contribution is 2.21. The van der Waals surface area contributed by atoms with E-state index in [0.717, 1.165) is 25.2 Å². The molecule has 0 radical (unpaired) electrons. The van der Waals surface area contributed by atoms with Gasteiger partial charge >= 0.3 is 0 Å². The number of rotatable bonds is 6. The summed E-state index contributed by atoms with van der Waals surface area (Å²) in [6.45, 7) is 1.51. The van der Waals surface area contributed by atoms with Crippen LogP contribution in [0.15, 0.2) is 54.6 Å². The Labute approximate surface area is 114 Å². The van der Waals surface area contributed by atoms with Crippen LogP contribution in [0, 0.1) is 0 Å². The van der Waals surface area contributed by atoms with E-state index >= 15 is 0 Å². The first-order chi connectivity index (χ1) is 9.42. The summed E-state index contributed by atoms with van der Waals surface area (Å²) in [6.07, 6.45) is 2.36. The maximum absolute atomic E-state index is 5.82. The summed E-state index contributed by atoms with van der Waals surface area (Å²) in [7, 11) is 0. The minimum atomic E-state index is 0.308. The lowest BCUT2D eigenvalue weighted by molar-refractivity contribution is 0.261. The Morgan fingerprint density at radius 2 is 1.68 bits per heavy atom. The molecule has 1 fully saturated rings. The molecular formula is C17H18O2. The van der Waals surface area contributed by atoms with E-state index in [-0.39, 0.29) is 0 Å². The topological polar surface area (TPSA) is 21.8 Å². The lowest BCUT2D eigenvalue weighted by Crippen LogP contribution is -2.06. The highest BCUT2D eigenvalue weighted by atomic mass is 16.6. The van der Waals surface area contributed by atoms with Gasteiger partial charge in [0.15, 0.2) is 0 Å². The molecule has 2 nitrogen and oxygen atoms in total. The second-order valence-electron chi connectivity index (χ2n) is 4.86. The van der Waals surface area contributed by atoms with E-state index in [9.17, 15) is 0 Å². The van der Waals surface area contributed by atoms with E-state index in [0.29, 0.717) is 12.7 Å². The fourth-order valence-electron chi connectivity index (χ4n) is 2.12. The zero-order chi connectivity index (χ0) is 12.9. The monoisotopic (exact) mass is 254 g/mol. The summed E-state index contributed by atoms with van der Waals surface area (Å²) in [5, 5.41) is 0. The molecule has 1 heterocycles. The zero-order valence-corrected chi connectivity index (χ0v) is 10.9. The molecule has 1 atom stereocenters. The van der Waals surface area contributed by atoms with Crippen LogP contribution in [-0.4, -0.2) is 19.3 Å². The van der Waals surface area contributed by atoms with Gasteiger partial charge < -0.3 is 9.47 Å². The van der Waals surface area contributed by atoms with Crippen molar-refractivity contribution in [2.75, 3.05) is 13.2 Å². The van der Waals surface area contributed by atoms with Crippen LogP contribution in [0.5, 0.6) is 5.75 Å². The van der Waals surface area contributed by atoms with Crippen molar-refractivity contribution in [3.63, 3.8) is 0 Å².